The molecule has 0 atom stereocenters. The van der Waals surface area contributed by atoms with Crippen molar-refractivity contribution in [2.24, 2.45) is 0 Å². The smallest absolute Gasteiger partial charge is 0.251 e. The van der Waals surface area contributed by atoms with Crippen LogP contribution in [0.4, 0.5) is 5.69 Å². The number of carbonyl (C=O) groups is 2. The molecule has 2 aromatic rings. The third kappa shape index (κ3) is 5.23. The van der Waals surface area contributed by atoms with Crippen molar-refractivity contribution in [1.82, 2.24) is 5.32 Å². The summed E-state index contributed by atoms with van der Waals surface area (Å²) in [6, 6.07) is 11.5. The van der Waals surface area contributed by atoms with Crippen LogP contribution in [0.3, 0.4) is 0 Å². The van der Waals surface area contributed by atoms with E-state index in [9.17, 15) is 9.59 Å². The number of aliphatic hydroxyl groups excluding tert-OH is 1. The van der Waals surface area contributed by atoms with Crippen molar-refractivity contribution in [2.45, 2.75) is 13.0 Å². The van der Waals surface area contributed by atoms with E-state index in [-0.39, 0.29) is 31.4 Å². The largest absolute Gasteiger partial charge is 0.396 e. The van der Waals surface area contributed by atoms with E-state index in [1.54, 1.807) is 42.5 Å². The third-order valence-electron chi connectivity index (χ3n) is 3.22. The van der Waals surface area contributed by atoms with E-state index in [4.69, 9.17) is 28.3 Å². The number of nitrogens with one attached hydrogen (secondary N) is 2. The topological polar surface area (TPSA) is 78.4 Å². The Morgan fingerprint density at radius 1 is 1.04 bits per heavy atom. The SMILES string of the molecule is O=C(CCO)Nc1ccc(C(=O)NCc2ccc(Cl)cc2Cl)cc1. The lowest BCUT2D eigenvalue weighted by Gasteiger charge is -2.08. The molecule has 0 saturated heterocycles. The molecule has 3 N–H and O–H groups in total. The van der Waals surface area contributed by atoms with Gasteiger partial charge in [-0.05, 0) is 42.0 Å². The number of hydrogen-bond donors (Lipinski definition) is 3. The molecule has 0 unspecified atom stereocenters. The fraction of sp³-hybridized carbons (Fsp3) is 0.176. The summed E-state index contributed by atoms with van der Waals surface area (Å²) in [6.45, 7) is 0.0728. The molecular formula is C17H16Cl2N2O3. The van der Waals surface area contributed by atoms with Crippen LogP contribution < -0.4 is 10.6 Å². The number of hydrogen-bond acceptors (Lipinski definition) is 3. The summed E-state index contributed by atoms with van der Waals surface area (Å²) in [4.78, 5) is 23.5. The lowest BCUT2D eigenvalue weighted by atomic mass is 10.1. The summed E-state index contributed by atoms with van der Waals surface area (Å²) in [7, 11) is 0. The maximum absolute atomic E-state index is 12.1. The highest BCUT2D eigenvalue weighted by molar-refractivity contribution is 6.35. The maximum Gasteiger partial charge on any atom is 0.251 e. The summed E-state index contributed by atoms with van der Waals surface area (Å²) in [5, 5.41) is 15.1. The molecule has 2 aromatic carbocycles. The average molecular weight is 367 g/mol. The molecular weight excluding hydrogens is 351 g/mol. The zero-order chi connectivity index (χ0) is 17.5. The Balaban J connectivity index is 1.93. The Kier molecular flexibility index (Phi) is 6.61. The Bertz CT molecular complexity index is 733. The number of amides is 2. The summed E-state index contributed by atoms with van der Waals surface area (Å²) >= 11 is 11.9. The summed E-state index contributed by atoms with van der Waals surface area (Å²) in [6.07, 6.45) is 0.0318. The quantitative estimate of drug-likeness (QED) is 0.734. The highest BCUT2D eigenvalue weighted by atomic mass is 35.5. The molecule has 2 amide bonds. The number of aliphatic hydroxyl groups is 1. The van der Waals surface area contributed by atoms with Crippen molar-refractivity contribution >= 4 is 40.7 Å². The van der Waals surface area contributed by atoms with Gasteiger partial charge in [0.2, 0.25) is 5.91 Å². The highest BCUT2D eigenvalue weighted by Gasteiger charge is 2.08. The van der Waals surface area contributed by atoms with Gasteiger partial charge in [0.1, 0.15) is 0 Å². The van der Waals surface area contributed by atoms with Gasteiger partial charge in [0.15, 0.2) is 0 Å². The van der Waals surface area contributed by atoms with Crippen molar-refractivity contribution < 1.29 is 14.7 Å². The number of benzene rings is 2. The molecule has 5 nitrogen and oxygen atoms in total. The highest BCUT2D eigenvalue weighted by Crippen LogP contribution is 2.20. The minimum Gasteiger partial charge on any atom is -0.396 e. The lowest BCUT2D eigenvalue weighted by Crippen LogP contribution is -2.23. The maximum atomic E-state index is 12.1. The molecule has 0 radical (unpaired) electrons. The van der Waals surface area contributed by atoms with Gasteiger partial charge in [-0.25, -0.2) is 0 Å². The Hall–Kier alpha value is -2.08. The second-order valence-electron chi connectivity index (χ2n) is 5.02. The first-order valence-corrected chi connectivity index (χ1v) is 7.98. The van der Waals surface area contributed by atoms with Gasteiger partial charge in [-0.3, -0.25) is 9.59 Å². The van der Waals surface area contributed by atoms with Crippen molar-refractivity contribution in [3.8, 4) is 0 Å². The van der Waals surface area contributed by atoms with Crippen LogP contribution in [0.1, 0.15) is 22.3 Å². The summed E-state index contributed by atoms with van der Waals surface area (Å²) in [5.41, 5.74) is 1.79. The standard InChI is InChI=1S/C17H16Cl2N2O3/c18-13-4-1-12(15(19)9-13)10-20-17(24)11-2-5-14(6-3-11)21-16(23)7-8-22/h1-6,9,22H,7-8,10H2,(H,20,24)(H,21,23). The number of halogens is 2. The molecule has 0 aliphatic carbocycles. The molecule has 0 fully saturated rings. The predicted octanol–water partition coefficient (Wildman–Crippen LogP) is 3.24. The van der Waals surface area contributed by atoms with Crippen LogP contribution in [0.25, 0.3) is 0 Å². The molecule has 0 aliphatic rings. The van der Waals surface area contributed by atoms with Crippen molar-refractivity contribution in [2.75, 3.05) is 11.9 Å². The van der Waals surface area contributed by atoms with Crippen LogP contribution in [0.15, 0.2) is 42.5 Å². The fourth-order valence-corrected chi connectivity index (χ4v) is 2.45. The van der Waals surface area contributed by atoms with E-state index in [0.717, 1.165) is 5.56 Å². The number of anilines is 1. The number of rotatable bonds is 6. The molecule has 0 saturated carbocycles. The first kappa shape index (κ1) is 18.3. The lowest BCUT2D eigenvalue weighted by molar-refractivity contribution is -0.116. The molecule has 7 heteroatoms. The fourth-order valence-electron chi connectivity index (χ4n) is 1.97. The van der Waals surface area contributed by atoms with E-state index in [2.05, 4.69) is 10.6 Å². The first-order chi connectivity index (χ1) is 11.5. The van der Waals surface area contributed by atoms with Gasteiger partial charge in [0.05, 0.1) is 13.0 Å². The molecule has 2 rings (SSSR count). The molecule has 0 aliphatic heterocycles. The molecule has 0 aromatic heterocycles. The van der Waals surface area contributed by atoms with Crippen molar-refractivity contribution in [3.63, 3.8) is 0 Å². The van der Waals surface area contributed by atoms with Gasteiger partial charge in [0, 0.05) is 27.8 Å². The van der Waals surface area contributed by atoms with E-state index in [0.29, 0.717) is 21.3 Å². The normalized spacial score (nSPS) is 10.3. The summed E-state index contributed by atoms with van der Waals surface area (Å²) in [5.74, 6) is -0.540. The van der Waals surface area contributed by atoms with Gasteiger partial charge in [-0.1, -0.05) is 29.3 Å². The van der Waals surface area contributed by atoms with Crippen molar-refractivity contribution in [3.05, 3.63) is 63.6 Å². The average Bonchev–Trinajstić information content (AvgIpc) is 2.54. The zero-order valence-corrected chi connectivity index (χ0v) is 14.2. The predicted molar refractivity (Wildman–Crippen MR) is 94.4 cm³/mol. The molecule has 0 heterocycles. The third-order valence-corrected chi connectivity index (χ3v) is 3.81. The molecule has 0 bridgehead atoms. The van der Waals surface area contributed by atoms with Gasteiger partial charge in [0.25, 0.3) is 5.91 Å². The van der Waals surface area contributed by atoms with Gasteiger partial charge >= 0.3 is 0 Å². The second kappa shape index (κ2) is 8.68. The van der Waals surface area contributed by atoms with Crippen LogP contribution >= 0.6 is 23.2 Å². The van der Waals surface area contributed by atoms with Crippen LogP contribution in [-0.2, 0) is 11.3 Å². The van der Waals surface area contributed by atoms with Gasteiger partial charge in [-0.15, -0.1) is 0 Å². The minimum atomic E-state index is -0.285. The first-order valence-electron chi connectivity index (χ1n) is 7.22. The monoisotopic (exact) mass is 366 g/mol. The second-order valence-corrected chi connectivity index (χ2v) is 5.86. The number of carbonyl (C=O) groups excluding carboxylic acids is 2. The van der Waals surface area contributed by atoms with Crippen LogP contribution in [0.2, 0.25) is 10.0 Å². The molecule has 126 valence electrons. The Morgan fingerprint density at radius 3 is 2.38 bits per heavy atom. The molecule has 24 heavy (non-hydrogen) atoms. The van der Waals surface area contributed by atoms with Crippen molar-refractivity contribution in [1.29, 1.82) is 0 Å². The van der Waals surface area contributed by atoms with Crippen LogP contribution in [0.5, 0.6) is 0 Å². The van der Waals surface area contributed by atoms with Crippen LogP contribution in [-0.4, -0.2) is 23.5 Å². The van der Waals surface area contributed by atoms with E-state index >= 15 is 0 Å². The van der Waals surface area contributed by atoms with Gasteiger partial charge < -0.3 is 15.7 Å². The van der Waals surface area contributed by atoms with E-state index in [1.165, 1.54) is 0 Å². The van der Waals surface area contributed by atoms with E-state index in [1.807, 2.05) is 0 Å². The van der Waals surface area contributed by atoms with Gasteiger partial charge in [-0.2, -0.15) is 0 Å². The van der Waals surface area contributed by atoms with E-state index < -0.39 is 0 Å². The zero-order valence-electron chi connectivity index (χ0n) is 12.7. The summed E-state index contributed by atoms with van der Waals surface area (Å²) < 4.78 is 0. The minimum absolute atomic E-state index is 0.0318. The molecule has 0 spiro atoms. The Morgan fingerprint density at radius 2 is 1.75 bits per heavy atom. The van der Waals surface area contributed by atoms with Crippen LogP contribution in [0, 0.1) is 0 Å². The Labute approximate surface area is 149 Å².